The first-order valence-corrected chi connectivity index (χ1v) is 34.2. The number of carbonyl (C=O) groups is 6. The fraction of sp³-hybridized carbons (Fsp3) is 0.781. The highest BCUT2D eigenvalue weighted by Crippen LogP contribution is 2.64. The van der Waals surface area contributed by atoms with Gasteiger partial charge in [-0.05, 0) is 271 Å². The minimum absolute atomic E-state index is 0.0512. The molecule has 7 unspecified atom stereocenters. The van der Waals surface area contributed by atoms with Gasteiger partial charge in [0.25, 0.3) is 0 Å². The van der Waals surface area contributed by atoms with Gasteiger partial charge in [-0.3, -0.25) is 0 Å². The maximum absolute atomic E-state index is 11.9. The normalized spacial score (nSPS) is 41.3. The molecule has 18 bridgehead atoms. The van der Waals surface area contributed by atoms with E-state index in [4.69, 9.17) is 33.5 Å². The predicted octanol–water partition coefficient (Wildman–Crippen LogP) is 11.7. The lowest BCUT2D eigenvalue weighted by molar-refractivity contribution is -0.233. The molecule has 0 aromatic heterocycles. The lowest BCUT2D eigenvalue weighted by atomic mass is 9.48. The van der Waals surface area contributed by atoms with Gasteiger partial charge >= 0.3 is 35.8 Å². The molecule has 0 amide bonds. The number of fused-ring (bicyclic) bond motifs is 2. The summed E-state index contributed by atoms with van der Waals surface area (Å²) in [6, 6.07) is 0. The van der Waals surface area contributed by atoms with E-state index in [0.29, 0.717) is 83.5 Å². The molecule has 0 saturated heterocycles. The number of aliphatic hydroxyl groups is 3. The Morgan fingerprint density at radius 3 is 1.42 bits per heavy atom. The largest absolute Gasteiger partial charge is 0.463 e. The lowest BCUT2D eigenvalue weighted by Crippen LogP contribution is -2.61. The van der Waals surface area contributed by atoms with E-state index in [-0.39, 0.29) is 65.9 Å². The molecule has 18 fully saturated rings. The zero-order valence-corrected chi connectivity index (χ0v) is 54.2. The highest BCUT2D eigenvalue weighted by atomic mass is 16.6. The molecule has 0 radical (unpaired) electrons. The van der Waals surface area contributed by atoms with Crippen molar-refractivity contribution >= 4 is 35.8 Å². The predicted molar refractivity (Wildman–Crippen MR) is 333 cm³/mol. The number of rotatable bonds is 18. The Bertz CT molecular complexity index is 2630. The molecular formula is C73H106O16. The first-order valence-electron chi connectivity index (χ1n) is 34.2. The van der Waals surface area contributed by atoms with Crippen LogP contribution in [0.15, 0.2) is 61.3 Å². The van der Waals surface area contributed by atoms with Crippen molar-refractivity contribution in [2.45, 2.75) is 229 Å². The maximum Gasteiger partial charge on any atom is 0.344 e. The molecule has 7 atom stereocenters. The molecule has 494 valence electrons. The number of esters is 6. The van der Waals surface area contributed by atoms with E-state index in [0.717, 1.165) is 157 Å². The number of aliphatic hydroxyl groups excluding tert-OH is 1. The summed E-state index contributed by atoms with van der Waals surface area (Å²) in [6.07, 6.45) is 31.5. The van der Waals surface area contributed by atoms with Crippen molar-refractivity contribution in [3.63, 3.8) is 0 Å². The molecule has 0 aromatic rings. The minimum Gasteiger partial charge on any atom is -0.463 e. The summed E-state index contributed by atoms with van der Waals surface area (Å²) in [5, 5.41) is 30.6. The van der Waals surface area contributed by atoms with Gasteiger partial charge in [-0.25, -0.2) is 28.8 Å². The molecule has 16 nitrogen and oxygen atoms in total. The molecule has 0 aliphatic heterocycles. The Balaban J connectivity index is 0.000000123. The van der Waals surface area contributed by atoms with E-state index in [9.17, 15) is 39.0 Å². The van der Waals surface area contributed by atoms with Crippen LogP contribution in [-0.2, 0) is 61.9 Å². The van der Waals surface area contributed by atoms with Gasteiger partial charge in [0.1, 0.15) is 23.4 Å². The maximum atomic E-state index is 11.9. The van der Waals surface area contributed by atoms with Crippen LogP contribution in [0.5, 0.6) is 0 Å². The Hall–Kier alpha value is -4.64. The molecule has 0 spiro atoms. The molecule has 18 aliphatic carbocycles. The van der Waals surface area contributed by atoms with Crippen molar-refractivity contribution < 1.29 is 77.2 Å². The van der Waals surface area contributed by atoms with Crippen LogP contribution in [0.2, 0.25) is 0 Å². The topological polar surface area (TPSA) is 228 Å². The highest BCUT2D eigenvalue weighted by Gasteiger charge is 2.62. The number of carbonyl (C=O) groups excluding carboxylic acids is 6. The fourth-order valence-corrected chi connectivity index (χ4v) is 21.8. The molecule has 0 heterocycles. The van der Waals surface area contributed by atoms with Gasteiger partial charge in [0.05, 0.1) is 37.6 Å². The fourth-order valence-electron chi connectivity index (χ4n) is 21.8. The third-order valence-electron chi connectivity index (χ3n) is 23.9. The average molecular weight is 1240 g/mol. The van der Waals surface area contributed by atoms with Gasteiger partial charge in [-0.1, -0.05) is 39.3 Å². The smallest absolute Gasteiger partial charge is 0.344 e. The SMILES string of the molecule is C=C(C)C(=O)OC12CC3CC(CC(C3)C1)C2.C=C(C)C(=O)OC12CC3CC(CC(OCCO)(C3)C1)C2.C=C(C)C(=O)OCC1(O)C2CC3CC(C2)CC1C3.C=C(C)C(=O)OCC1CC2CCC1C2.C=CC(=O)OCC(=O)OCC12CC3CC(CC(O)(C3)C1)C2. The van der Waals surface area contributed by atoms with E-state index >= 15 is 0 Å². The van der Waals surface area contributed by atoms with E-state index in [1.165, 1.54) is 64.2 Å². The Morgan fingerprint density at radius 2 is 0.944 bits per heavy atom. The van der Waals surface area contributed by atoms with Gasteiger partial charge in [-0.15, -0.1) is 0 Å². The molecule has 18 saturated carbocycles. The van der Waals surface area contributed by atoms with Gasteiger partial charge in [-0.2, -0.15) is 0 Å². The van der Waals surface area contributed by atoms with E-state index < -0.39 is 23.1 Å². The molecule has 3 N–H and O–H groups in total. The number of ether oxygens (including phenoxy) is 7. The first kappa shape index (κ1) is 67.3. The second-order valence-electron chi connectivity index (χ2n) is 32.0. The second-order valence-corrected chi connectivity index (χ2v) is 32.0. The van der Waals surface area contributed by atoms with Crippen molar-refractivity contribution in [3.05, 3.63) is 61.3 Å². The molecular weight excluding hydrogens is 1130 g/mol. The molecule has 0 aromatic carbocycles. The van der Waals surface area contributed by atoms with E-state index in [1.807, 2.05) is 0 Å². The third-order valence-corrected chi connectivity index (χ3v) is 23.9. The van der Waals surface area contributed by atoms with Gasteiger partial charge in [0, 0.05) is 40.2 Å². The quantitative estimate of drug-likeness (QED) is 0.0658. The standard InChI is InChI=1S/C16H22O5.C16H24O4.C15H22O3.C14H20O2.C12H18O2/c1-2-13(17)20-8-14(18)21-10-15-4-11-3-12(5-15)7-16(19,6-11)9-15;1-11(2)14(18)20-16-8-12-5-13(9-16)7-15(6-12,10-16)19-4-3-17;1-9(2)14(16)18-8-15(17)12-4-10-3-11(6-12)7-13(15)5-10;1-9(2)13(15)16-14-6-10-3-11(7-14)5-12(4-10)8-14;1-8(2)12(13)14-7-11-6-9-3-4-10(11)5-9/h2,11-12,19H,1,3-10H2;12-13,17H,1,3-10H2,2H3;10-13,17H,1,3-8H2,2H3;10-12H,1,3-8H2,2H3;9-11H,1,3-7H2,2H3. The van der Waals surface area contributed by atoms with Gasteiger partial charge in [0.2, 0.25) is 0 Å². The summed E-state index contributed by atoms with van der Waals surface area (Å²) in [5.41, 5.74) is -0.110. The molecule has 16 heteroatoms. The first-order chi connectivity index (χ1) is 42.1. The summed E-state index contributed by atoms with van der Waals surface area (Å²) in [5.74, 6) is 7.25. The van der Waals surface area contributed by atoms with E-state index in [2.05, 4.69) is 37.6 Å². The van der Waals surface area contributed by atoms with Gasteiger partial charge < -0.3 is 48.5 Å². The van der Waals surface area contributed by atoms with Crippen LogP contribution < -0.4 is 0 Å². The number of hydrogen-bond acceptors (Lipinski definition) is 16. The zero-order valence-electron chi connectivity index (χ0n) is 54.2. The molecule has 18 aliphatic rings. The van der Waals surface area contributed by atoms with Crippen LogP contribution in [0.1, 0.15) is 201 Å². The van der Waals surface area contributed by atoms with Crippen molar-refractivity contribution in [1.29, 1.82) is 0 Å². The summed E-state index contributed by atoms with van der Waals surface area (Å²) in [7, 11) is 0. The van der Waals surface area contributed by atoms with Crippen molar-refractivity contribution in [2.24, 2.45) is 88.3 Å². The highest BCUT2D eigenvalue weighted by molar-refractivity contribution is 5.88. The van der Waals surface area contributed by atoms with Crippen LogP contribution in [0.4, 0.5) is 0 Å². The van der Waals surface area contributed by atoms with E-state index in [1.54, 1.807) is 27.7 Å². The monoisotopic (exact) mass is 1240 g/mol. The van der Waals surface area contributed by atoms with Crippen LogP contribution in [0.25, 0.3) is 0 Å². The van der Waals surface area contributed by atoms with Crippen LogP contribution >= 0.6 is 0 Å². The number of hydrogen-bond donors (Lipinski definition) is 3. The minimum atomic E-state index is -0.765. The lowest BCUT2D eigenvalue weighted by Gasteiger charge is -2.60. The summed E-state index contributed by atoms with van der Waals surface area (Å²) >= 11 is 0. The van der Waals surface area contributed by atoms with Crippen molar-refractivity contribution in [1.82, 2.24) is 0 Å². The third kappa shape index (κ3) is 15.9. The summed E-state index contributed by atoms with van der Waals surface area (Å²) in [6.45, 7) is 25.7. The van der Waals surface area contributed by atoms with Gasteiger partial charge in [0.15, 0.2) is 6.61 Å². The Morgan fingerprint density at radius 1 is 0.472 bits per heavy atom. The average Bonchev–Trinajstić information content (AvgIpc) is 1.29. The summed E-state index contributed by atoms with van der Waals surface area (Å²) < 4.78 is 38.0. The summed E-state index contributed by atoms with van der Waals surface area (Å²) in [4.78, 5) is 68.9. The molecule has 18 rings (SSSR count). The van der Waals surface area contributed by atoms with Crippen LogP contribution in [0.3, 0.4) is 0 Å². The molecule has 89 heavy (non-hydrogen) atoms. The van der Waals surface area contributed by atoms with Crippen LogP contribution in [-0.4, -0.2) is 119 Å². The second kappa shape index (κ2) is 27.1. The Labute approximate surface area is 529 Å². The Kier molecular flexibility index (Phi) is 20.5. The van der Waals surface area contributed by atoms with Crippen LogP contribution in [0, 0.1) is 88.3 Å². The van der Waals surface area contributed by atoms with Crippen molar-refractivity contribution in [3.8, 4) is 0 Å². The zero-order chi connectivity index (χ0) is 63.8. The van der Waals surface area contributed by atoms with Crippen molar-refractivity contribution in [2.75, 3.05) is 39.6 Å².